The van der Waals surface area contributed by atoms with E-state index in [1.54, 1.807) is 12.1 Å². The second-order valence-electron chi connectivity index (χ2n) is 4.78. The molecule has 0 aliphatic rings. The molecule has 1 aromatic heterocycles. The standard InChI is InChI=1S/C15H20N2O2/c1-2-3-8-17-10-12(6-7-16)13-9-11(15(18)19)4-5-14(13)17/h4-5,9-10H,2-3,6-8,16H2,1H3,(H,18,19). The van der Waals surface area contributed by atoms with Gasteiger partial charge in [0.1, 0.15) is 0 Å². The van der Waals surface area contributed by atoms with E-state index in [-0.39, 0.29) is 0 Å². The van der Waals surface area contributed by atoms with Gasteiger partial charge in [0, 0.05) is 23.6 Å². The summed E-state index contributed by atoms with van der Waals surface area (Å²) < 4.78 is 2.20. The van der Waals surface area contributed by atoms with Gasteiger partial charge in [-0.15, -0.1) is 0 Å². The molecule has 0 fully saturated rings. The molecule has 0 aliphatic carbocycles. The molecule has 0 aliphatic heterocycles. The van der Waals surface area contributed by atoms with Gasteiger partial charge in [-0.05, 0) is 43.1 Å². The quantitative estimate of drug-likeness (QED) is 0.839. The lowest BCUT2D eigenvalue weighted by Crippen LogP contribution is -2.02. The monoisotopic (exact) mass is 260 g/mol. The highest BCUT2D eigenvalue weighted by molar-refractivity contribution is 5.95. The van der Waals surface area contributed by atoms with E-state index >= 15 is 0 Å². The fourth-order valence-corrected chi connectivity index (χ4v) is 2.37. The number of nitrogens with zero attached hydrogens (tertiary/aromatic N) is 1. The van der Waals surface area contributed by atoms with E-state index in [1.165, 1.54) is 0 Å². The third-order valence-electron chi connectivity index (χ3n) is 3.38. The maximum Gasteiger partial charge on any atom is 0.335 e. The Bertz CT molecular complexity index is 587. The summed E-state index contributed by atoms with van der Waals surface area (Å²) in [5, 5.41) is 10.1. The highest BCUT2D eigenvalue weighted by Crippen LogP contribution is 2.24. The molecule has 3 N–H and O–H groups in total. The van der Waals surface area contributed by atoms with E-state index in [4.69, 9.17) is 10.8 Å². The number of benzene rings is 1. The number of hydrogen-bond acceptors (Lipinski definition) is 2. The number of rotatable bonds is 6. The fourth-order valence-electron chi connectivity index (χ4n) is 2.37. The number of nitrogens with two attached hydrogens (primary N) is 1. The normalized spacial score (nSPS) is 11.1. The number of hydrogen-bond donors (Lipinski definition) is 2. The number of fused-ring (bicyclic) bond motifs is 1. The van der Waals surface area contributed by atoms with Crippen molar-refractivity contribution in [1.29, 1.82) is 0 Å². The lowest BCUT2D eigenvalue weighted by molar-refractivity contribution is 0.0697. The Hall–Kier alpha value is -1.81. The second-order valence-corrected chi connectivity index (χ2v) is 4.78. The van der Waals surface area contributed by atoms with Crippen molar-refractivity contribution < 1.29 is 9.90 Å². The SMILES string of the molecule is CCCCn1cc(CCN)c2cc(C(=O)O)ccc21. The molecule has 4 nitrogen and oxygen atoms in total. The average Bonchev–Trinajstić information content (AvgIpc) is 2.74. The highest BCUT2D eigenvalue weighted by Gasteiger charge is 2.11. The Morgan fingerprint density at radius 2 is 2.21 bits per heavy atom. The molecule has 0 amide bonds. The van der Waals surface area contributed by atoms with Crippen LogP contribution in [0.2, 0.25) is 0 Å². The third-order valence-corrected chi connectivity index (χ3v) is 3.38. The molecule has 0 atom stereocenters. The summed E-state index contributed by atoms with van der Waals surface area (Å²) in [5.74, 6) is -0.887. The van der Waals surface area contributed by atoms with Crippen LogP contribution in [0.25, 0.3) is 10.9 Å². The summed E-state index contributed by atoms with van der Waals surface area (Å²) in [4.78, 5) is 11.1. The first-order valence-electron chi connectivity index (χ1n) is 6.72. The minimum Gasteiger partial charge on any atom is -0.478 e. The Morgan fingerprint density at radius 1 is 1.42 bits per heavy atom. The summed E-state index contributed by atoms with van der Waals surface area (Å²) in [6, 6.07) is 5.32. The van der Waals surface area contributed by atoms with Gasteiger partial charge in [0.05, 0.1) is 5.56 Å². The maximum atomic E-state index is 11.1. The highest BCUT2D eigenvalue weighted by atomic mass is 16.4. The van der Waals surface area contributed by atoms with Crippen LogP contribution in [0.4, 0.5) is 0 Å². The Morgan fingerprint density at radius 3 is 2.84 bits per heavy atom. The molecule has 0 radical (unpaired) electrons. The van der Waals surface area contributed by atoms with Crippen LogP contribution in [-0.4, -0.2) is 22.2 Å². The first kappa shape index (κ1) is 13.6. The molecular formula is C15H20N2O2. The minimum absolute atomic E-state index is 0.332. The lowest BCUT2D eigenvalue weighted by atomic mass is 10.1. The van der Waals surface area contributed by atoms with Crippen LogP contribution in [-0.2, 0) is 13.0 Å². The van der Waals surface area contributed by atoms with Crippen LogP contribution in [0, 0.1) is 0 Å². The van der Waals surface area contributed by atoms with Gasteiger partial charge in [-0.25, -0.2) is 4.79 Å². The van der Waals surface area contributed by atoms with Crippen LogP contribution in [0.15, 0.2) is 24.4 Å². The minimum atomic E-state index is -0.887. The Labute approximate surface area is 112 Å². The van der Waals surface area contributed by atoms with Crippen LogP contribution < -0.4 is 5.73 Å². The van der Waals surface area contributed by atoms with Gasteiger partial charge in [0.25, 0.3) is 0 Å². The number of carbonyl (C=O) groups is 1. The van der Waals surface area contributed by atoms with Crippen molar-refractivity contribution in [1.82, 2.24) is 4.57 Å². The Kier molecular flexibility index (Phi) is 4.22. The molecule has 0 unspecified atom stereocenters. The molecule has 19 heavy (non-hydrogen) atoms. The van der Waals surface area contributed by atoms with E-state index in [2.05, 4.69) is 17.7 Å². The van der Waals surface area contributed by atoms with Crippen LogP contribution >= 0.6 is 0 Å². The zero-order chi connectivity index (χ0) is 13.8. The van der Waals surface area contributed by atoms with Crippen molar-refractivity contribution in [3.05, 3.63) is 35.5 Å². The smallest absolute Gasteiger partial charge is 0.335 e. The summed E-state index contributed by atoms with van der Waals surface area (Å²) in [6.07, 6.45) is 5.14. The molecule has 0 spiro atoms. The fraction of sp³-hybridized carbons (Fsp3) is 0.400. The molecule has 1 aromatic carbocycles. The summed E-state index contributed by atoms with van der Waals surface area (Å²) in [5.41, 5.74) is 8.20. The van der Waals surface area contributed by atoms with Crippen molar-refractivity contribution in [2.75, 3.05) is 6.54 Å². The average molecular weight is 260 g/mol. The zero-order valence-corrected chi connectivity index (χ0v) is 11.2. The largest absolute Gasteiger partial charge is 0.478 e. The van der Waals surface area contributed by atoms with Gasteiger partial charge in [0.2, 0.25) is 0 Å². The molecule has 102 valence electrons. The third kappa shape index (κ3) is 2.79. The van der Waals surface area contributed by atoms with Gasteiger partial charge >= 0.3 is 5.97 Å². The molecule has 0 saturated heterocycles. The number of unbranched alkanes of at least 4 members (excludes halogenated alkanes) is 1. The number of carboxylic acids is 1. The topological polar surface area (TPSA) is 68.2 Å². The molecule has 2 aromatic rings. The Balaban J connectivity index is 2.50. The van der Waals surface area contributed by atoms with Crippen molar-refractivity contribution in [3.8, 4) is 0 Å². The van der Waals surface area contributed by atoms with Crippen LogP contribution in [0.5, 0.6) is 0 Å². The van der Waals surface area contributed by atoms with Crippen LogP contribution in [0.1, 0.15) is 35.7 Å². The number of carboxylic acid groups (broad SMARTS) is 1. The van der Waals surface area contributed by atoms with Gasteiger partial charge < -0.3 is 15.4 Å². The molecule has 1 heterocycles. The molecule has 2 rings (SSSR count). The van der Waals surface area contributed by atoms with E-state index in [0.717, 1.165) is 42.3 Å². The molecule has 4 heteroatoms. The van der Waals surface area contributed by atoms with E-state index < -0.39 is 5.97 Å². The van der Waals surface area contributed by atoms with E-state index in [1.807, 2.05) is 6.07 Å². The summed E-state index contributed by atoms with van der Waals surface area (Å²) in [6.45, 7) is 3.70. The predicted molar refractivity (Wildman–Crippen MR) is 76.6 cm³/mol. The van der Waals surface area contributed by atoms with Crippen molar-refractivity contribution in [3.63, 3.8) is 0 Å². The molecule has 0 saturated carbocycles. The first-order chi connectivity index (χ1) is 9.17. The van der Waals surface area contributed by atoms with E-state index in [0.29, 0.717) is 12.1 Å². The summed E-state index contributed by atoms with van der Waals surface area (Å²) >= 11 is 0. The number of aromatic nitrogens is 1. The first-order valence-corrected chi connectivity index (χ1v) is 6.72. The predicted octanol–water partition coefficient (Wildman–Crippen LogP) is 2.64. The maximum absolute atomic E-state index is 11.1. The number of aromatic carboxylic acids is 1. The van der Waals surface area contributed by atoms with Crippen molar-refractivity contribution >= 4 is 16.9 Å². The molecular weight excluding hydrogens is 240 g/mol. The number of aryl methyl sites for hydroxylation is 1. The van der Waals surface area contributed by atoms with Crippen LogP contribution in [0.3, 0.4) is 0 Å². The van der Waals surface area contributed by atoms with Gasteiger partial charge in [-0.1, -0.05) is 13.3 Å². The zero-order valence-electron chi connectivity index (χ0n) is 11.2. The van der Waals surface area contributed by atoms with Gasteiger partial charge in [-0.3, -0.25) is 0 Å². The van der Waals surface area contributed by atoms with Crippen molar-refractivity contribution in [2.45, 2.75) is 32.7 Å². The summed E-state index contributed by atoms with van der Waals surface area (Å²) in [7, 11) is 0. The van der Waals surface area contributed by atoms with Gasteiger partial charge in [0.15, 0.2) is 0 Å². The second kappa shape index (κ2) is 5.89. The molecule has 0 bridgehead atoms. The lowest BCUT2D eigenvalue weighted by Gasteiger charge is -2.04. The van der Waals surface area contributed by atoms with E-state index in [9.17, 15) is 4.79 Å². The van der Waals surface area contributed by atoms with Crippen molar-refractivity contribution in [2.24, 2.45) is 5.73 Å². The van der Waals surface area contributed by atoms with Gasteiger partial charge in [-0.2, -0.15) is 0 Å².